The Hall–Kier alpha value is -2.14. The summed E-state index contributed by atoms with van der Waals surface area (Å²) in [7, 11) is 0. The Morgan fingerprint density at radius 1 is 1.39 bits per heavy atom. The predicted molar refractivity (Wildman–Crippen MR) is 63.8 cm³/mol. The fourth-order valence-corrected chi connectivity index (χ4v) is 1.46. The van der Waals surface area contributed by atoms with Gasteiger partial charge in [-0.1, -0.05) is 12.1 Å². The number of rotatable bonds is 4. The van der Waals surface area contributed by atoms with Gasteiger partial charge in [0.1, 0.15) is 6.26 Å². The van der Waals surface area contributed by atoms with Crippen LogP contribution in [0.1, 0.15) is 23.0 Å². The number of aliphatic hydroxyl groups is 1. The number of aliphatic hydroxyl groups excluding tert-OH is 1. The van der Waals surface area contributed by atoms with Crippen molar-refractivity contribution in [3.8, 4) is 11.5 Å². The SMILES string of the molecule is CCOC(=O)c1coc(-c2ccc(CO)cc2)n1. The molecule has 0 saturated heterocycles. The second-order valence-electron chi connectivity index (χ2n) is 3.61. The van der Waals surface area contributed by atoms with E-state index in [4.69, 9.17) is 14.3 Å². The zero-order valence-electron chi connectivity index (χ0n) is 9.92. The van der Waals surface area contributed by atoms with Gasteiger partial charge < -0.3 is 14.3 Å². The molecule has 18 heavy (non-hydrogen) atoms. The number of aromatic nitrogens is 1. The van der Waals surface area contributed by atoms with Gasteiger partial charge in [-0.2, -0.15) is 0 Å². The third kappa shape index (κ3) is 2.57. The molecule has 0 atom stereocenters. The lowest BCUT2D eigenvalue weighted by molar-refractivity contribution is 0.0519. The van der Waals surface area contributed by atoms with Crippen molar-refractivity contribution in [2.24, 2.45) is 0 Å². The minimum Gasteiger partial charge on any atom is -0.461 e. The van der Waals surface area contributed by atoms with E-state index in [9.17, 15) is 4.79 Å². The van der Waals surface area contributed by atoms with Gasteiger partial charge in [0.05, 0.1) is 13.2 Å². The molecule has 1 N–H and O–H groups in total. The van der Waals surface area contributed by atoms with Crippen molar-refractivity contribution in [1.29, 1.82) is 0 Å². The van der Waals surface area contributed by atoms with E-state index in [0.29, 0.717) is 12.5 Å². The summed E-state index contributed by atoms with van der Waals surface area (Å²) in [6.45, 7) is 2.01. The first-order valence-corrected chi connectivity index (χ1v) is 5.57. The lowest BCUT2D eigenvalue weighted by Crippen LogP contribution is -2.04. The number of hydrogen-bond acceptors (Lipinski definition) is 5. The van der Waals surface area contributed by atoms with Crippen LogP contribution >= 0.6 is 0 Å². The molecule has 2 rings (SSSR count). The van der Waals surface area contributed by atoms with Crippen molar-refractivity contribution in [3.05, 3.63) is 41.8 Å². The van der Waals surface area contributed by atoms with Crippen LogP contribution in [0, 0.1) is 0 Å². The molecule has 94 valence electrons. The van der Waals surface area contributed by atoms with Crippen LogP contribution in [-0.4, -0.2) is 22.7 Å². The monoisotopic (exact) mass is 247 g/mol. The second kappa shape index (κ2) is 5.46. The molecule has 5 nitrogen and oxygen atoms in total. The molecule has 0 aliphatic carbocycles. The van der Waals surface area contributed by atoms with Crippen LogP contribution in [0.2, 0.25) is 0 Å². The molecule has 0 saturated carbocycles. The summed E-state index contributed by atoms with van der Waals surface area (Å²) in [5, 5.41) is 8.93. The number of oxazole rings is 1. The van der Waals surface area contributed by atoms with Crippen LogP contribution in [0.25, 0.3) is 11.5 Å². The van der Waals surface area contributed by atoms with Crippen LogP contribution in [0.3, 0.4) is 0 Å². The Balaban J connectivity index is 2.20. The average Bonchev–Trinajstić information content (AvgIpc) is 2.89. The van der Waals surface area contributed by atoms with Crippen molar-refractivity contribution in [2.45, 2.75) is 13.5 Å². The summed E-state index contributed by atoms with van der Waals surface area (Å²) in [5.74, 6) is -0.151. The Labute approximate surface area is 104 Å². The number of esters is 1. The highest BCUT2D eigenvalue weighted by Gasteiger charge is 2.13. The van der Waals surface area contributed by atoms with Gasteiger partial charge in [0.25, 0.3) is 0 Å². The van der Waals surface area contributed by atoms with Crippen LogP contribution in [0.15, 0.2) is 34.9 Å². The molecule has 0 unspecified atom stereocenters. The smallest absolute Gasteiger partial charge is 0.360 e. The molecular weight excluding hydrogens is 234 g/mol. The molecule has 0 amide bonds. The summed E-state index contributed by atoms with van der Waals surface area (Å²) in [4.78, 5) is 15.5. The zero-order valence-corrected chi connectivity index (χ0v) is 9.92. The van der Waals surface area contributed by atoms with Crippen LogP contribution in [-0.2, 0) is 11.3 Å². The first kappa shape index (κ1) is 12.3. The number of hydrogen-bond donors (Lipinski definition) is 1. The van der Waals surface area contributed by atoms with Gasteiger partial charge in [-0.25, -0.2) is 9.78 Å². The van der Waals surface area contributed by atoms with Crippen molar-refractivity contribution < 1.29 is 19.1 Å². The second-order valence-corrected chi connectivity index (χ2v) is 3.61. The lowest BCUT2D eigenvalue weighted by atomic mass is 10.1. The Morgan fingerprint density at radius 3 is 2.72 bits per heavy atom. The minimum atomic E-state index is -0.500. The molecule has 5 heteroatoms. The average molecular weight is 247 g/mol. The van der Waals surface area contributed by atoms with E-state index in [2.05, 4.69) is 4.98 Å². The van der Waals surface area contributed by atoms with Gasteiger partial charge in [-0.05, 0) is 24.6 Å². The first-order chi connectivity index (χ1) is 8.74. The standard InChI is InChI=1S/C13H13NO4/c1-2-17-13(16)11-8-18-12(14-11)10-5-3-9(7-15)4-6-10/h3-6,8,15H,2,7H2,1H3. The van der Waals surface area contributed by atoms with E-state index in [1.165, 1.54) is 6.26 Å². The van der Waals surface area contributed by atoms with E-state index in [1.54, 1.807) is 31.2 Å². The van der Waals surface area contributed by atoms with Crippen molar-refractivity contribution in [3.63, 3.8) is 0 Å². The van der Waals surface area contributed by atoms with Crippen LogP contribution in [0.4, 0.5) is 0 Å². The quantitative estimate of drug-likeness (QED) is 0.837. The molecule has 0 aliphatic rings. The fourth-order valence-electron chi connectivity index (χ4n) is 1.46. The van der Waals surface area contributed by atoms with Crippen molar-refractivity contribution in [1.82, 2.24) is 4.98 Å². The zero-order chi connectivity index (χ0) is 13.0. The molecule has 1 heterocycles. The molecule has 0 radical (unpaired) electrons. The molecule has 0 spiro atoms. The maximum absolute atomic E-state index is 11.4. The summed E-state index contributed by atoms with van der Waals surface area (Å²) in [6, 6.07) is 7.08. The van der Waals surface area contributed by atoms with Crippen molar-refractivity contribution in [2.75, 3.05) is 6.61 Å². The van der Waals surface area contributed by atoms with Gasteiger partial charge in [-0.3, -0.25) is 0 Å². The normalized spacial score (nSPS) is 10.3. The number of carbonyl (C=O) groups excluding carboxylic acids is 1. The van der Waals surface area contributed by atoms with Gasteiger partial charge in [0, 0.05) is 5.56 Å². The summed E-state index contributed by atoms with van der Waals surface area (Å²) in [6.07, 6.45) is 1.27. The summed E-state index contributed by atoms with van der Waals surface area (Å²) >= 11 is 0. The third-order valence-electron chi connectivity index (χ3n) is 2.37. The van der Waals surface area contributed by atoms with Gasteiger partial charge in [-0.15, -0.1) is 0 Å². The van der Waals surface area contributed by atoms with E-state index in [0.717, 1.165) is 11.1 Å². The predicted octanol–water partition coefficient (Wildman–Crippen LogP) is 2.01. The molecule has 1 aromatic carbocycles. The van der Waals surface area contributed by atoms with E-state index in [-0.39, 0.29) is 12.3 Å². The van der Waals surface area contributed by atoms with E-state index < -0.39 is 5.97 Å². The first-order valence-electron chi connectivity index (χ1n) is 5.57. The third-order valence-corrected chi connectivity index (χ3v) is 2.37. The molecular formula is C13H13NO4. The van der Waals surface area contributed by atoms with Gasteiger partial charge >= 0.3 is 5.97 Å². The number of nitrogens with zero attached hydrogens (tertiary/aromatic N) is 1. The number of carbonyl (C=O) groups is 1. The molecule has 2 aromatic rings. The van der Waals surface area contributed by atoms with Crippen molar-refractivity contribution >= 4 is 5.97 Å². The van der Waals surface area contributed by atoms with E-state index in [1.807, 2.05) is 0 Å². The minimum absolute atomic E-state index is 0.0139. The number of ether oxygens (including phenoxy) is 1. The topological polar surface area (TPSA) is 72.6 Å². The Morgan fingerprint density at radius 2 is 2.11 bits per heavy atom. The van der Waals surface area contributed by atoms with Gasteiger partial charge in [0.15, 0.2) is 5.69 Å². The fraction of sp³-hybridized carbons (Fsp3) is 0.231. The number of benzene rings is 1. The maximum atomic E-state index is 11.4. The van der Waals surface area contributed by atoms with Crippen LogP contribution < -0.4 is 0 Å². The Kier molecular flexibility index (Phi) is 3.74. The summed E-state index contributed by atoms with van der Waals surface area (Å²) < 4.78 is 10.0. The molecule has 0 fully saturated rings. The maximum Gasteiger partial charge on any atom is 0.360 e. The summed E-state index contributed by atoms with van der Waals surface area (Å²) in [5.41, 5.74) is 1.69. The molecule has 0 aliphatic heterocycles. The highest BCUT2D eigenvalue weighted by atomic mass is 16.5. The lowest BCUT2D eigenvalue weighted by Gasteiger charge is -1.97. The molecule has 1 aromatic heterocycles. The van der Waals surface area contributed by atoms with Crippen LogP contribution in [0.5, 0.6) is 0 Å². The highest BCUT2D eigenvalue weighted by Crippen LogP contribution is 2.19. The largest absolute Gasteiger partial charge is 0.461 e. The Bertz CT molecular complexity index is 530. The van der Waals surface area contributed by atoms with Gasteiger partial charge in [0.2, 0.25) is 5.89 Å². The molecule has 0 bridgehead atoms. The highest BCUT2D eigenvalue weighted by molar-refractivity contribution is 5.87. The van der Waals surface area contributed by atoms with E-state index >= 15 is 0 Å².